The van der Waals surface area contributed by atoms with Gasteiger partial charge in [-0.2, -0.15) is 75.8 Å². The molecule has 35 heteroatoms. The van der Waals surface area contributed by atoms with E-state index in [1.807, 2.05) is 16.9 Å². The first-order valence-corrected chi connectivity index (χ1v) is 28.5. The van der Waals surface area contributed by atoms with Crippen LogP contribution in [-0.4, -0.2) is 225 Å². The van der Waals surface area contributed by atoms with Crippen LogP contribution in [0.15, 0.2) is 14.4 Å². The fourth-order valence-electron chi connectivity index (χ4n) is 6.49. The van der Waals surface area contributed by atoms with Crippen molar-refractivity contribution in [3.63, 3.8) is 0 Å². The summed E-state index contributed by atoms with van der Waals surface area (Å²) in [4.78, 5) is 118. The molecule has 9 unspecified atom stereocenters. The molecule has 476 valence electrons. The molecule has 0 saturated heterocycles. The minimum absolute atomic E-state index is 0.0301. The fraction of sp³-hybridized carbons (Fsp3) is 0.783. The van der Waals surface area contributed by atoms with E-state index in [9.17, 15) is 83.7 Å². The van der Waals surface area contributed by atoms with Crippen molar-refractivity contribution in [3.05, 3.63) is 31.5 Å². The van der Waals surface area contributed by atoms with Gasteiger partial charge in [-0.25, -0.2) is 19.0 Å². The number of hydrogen-bond acceptors (Lipinski definition) is 26. The number of nitrogens with zero attached hydrogens (tertiary/aromatic N) is 1. The summed E-state index contributed by atoms with van der Waals surface area (Å²) in [6, 6.07) is 0. The number of carboxylic acid groups (broad SMARTS) is 6. The Labute approximate surface area is 505 Å². The first kappa shape index (κ1) is 86.6. The second-order valence-electron chi connectivity index (χ2n) is 18.1. The fourth-order valence-corrected chi connectivity index (χ4v) is 10.4. The molecule has 1 rings (SSSR count). The number of thiol groups is 6. The zero-order valence-electron chi connectivity index (χ0n) is 45.8. The Morgan fingerprint density at radius 2 is 0.889 bits per heavy atom. The molecule has 0 aliphatic carbocycles. The lowest BCUT2D eigenvalue weighted by Crippen LogP contribution is -2.69. The molecule has 9 atom stereocenters. The molecule has 1 aromatic heterocycles. The Balaban J connectivity index is -0.000000412. The number of thioether (sulfide) groups is 1. The molecular weight excluding hydrogens is 1220 g/mol. The van der Waals surface area contributed by atoms with Crippen molar-refractivity contribution < 1.29 is 110 Å². The number of esters is 1. The van der Waals surface area contributed by atoms with Gasteiger partial charge in [0.15, 0.2) is 0 Å². The van der Waals surface area contributed by atoms with Gasteiger partial charge < -0.3 is 76.2 Å². The van der Waals surface area contributed by atoms with Crippen molar-refractivity contribution in [2.45, 2.75) is 136 Å². The standard InChI is InChI=1S/C24H39N3O14S3.C6H14O3.4C4H8O2S/c1-2-22(10-31,11-32)12-41-18(37)24(14(42)9-15(33)34,16(43)13(3-5-28)17(35)36)23(4-6-29,44-8-7-30)27-20(39)25-19(38)26-21(27)40;1-2-6(3-7,4-8)5-9;4*1-3(7)2-4(5)6/h13-14,16,28-32,42-43H,2-12H2,1H3,(H,33,34)(H,35,36)(H2,25,26,38,39,40);7-9H,2-5H2,1H3;4*3,7H,2H2,1H3,(H,5,6). The van der Waals surface area contributed by atoms with E-state index < -0.39 is 161 Å². The summed E-state index contributed by atoms with van der Waals surface area (Å²) in [6.07, 6.45) is -1.24. The van der Waals surface area contributed by atoms with Gasteiger partial charge in [0.1, 0.15) is 16.9 Å². The molecule has 81 heavy (non-hydrogen) atoms. The molecule has 0 amide bonds. The van der Waals surface area contributed by atoms with Crippen LogP contribution in [-0.2, 0) is 43.2 Å². The van der Waals surface area contributed by atoms with Crippen LogP contribution in [0, 0.1) is 22.2 Å². The maximum Gasteiger partial charge on any atom is 0.334 e. The molecule has 0 radical (unpaired) electrons. The third-order valence-corrected chi connectivity index (χ3v) is 14.8. The monoisotopic (exact) mass is 1300 g/mol. The lowest BCUT2D eigenvalue weighted by molar-refractivity contribution is -0.170. The van der Waals surface area contributed by atoms with E-state index in [0.717, 1.165) is 0 Å². The Morgan fingerprint density at radius 3 is 1.11 bits per heavy atom. The number of carbonyl (C=O) groups excluding carboxylic acids is 1. The summed E-state index contributed by atoms with van der Waals surface area (Å²) in [5.74, 6) is -10.1. The highest BCUT2D eigenvalue weighted by atomic mass is 32.2. The van der Waals surface area contributed by atoms with Crippen molar-refractivity contribution in [1.82, 2.24) is 14.5 Å². The smallest absolute Gasteiger partial charge is 0.334 e. The summed E-state index contributed by atoms with van der Waals surface area (Å²) < 4.78 is 5.85. The van der Waals surface area contributed by atoms with Crippen LogP contribution in [0.2, 0.25) is 0 Å². The summed E-state index contributed by atoms with van der Waals surface area (Å²) >= 11 is 24.8. The summed E-state index contributed by atoms with van der Waals surface area (Å²) in [5, 5.41) is 124. The number of ether oxygens (including phenoxy) is 1. The largest absolute Gasteiger partial charge is 0.481 e. The van der Waals surface area contributed by atoms with Crippen molar-refractivity contribution >= 4 is 129 Å². The molecule has 0 spiro atoms. The number of H-pyrrole nitrogens is 2. The van der Waals surface area contributed by atoms with Crippen LogP contribution < -0.4 is 17.1 Å². The van der Waals surface area contributed by atoms with Gasteiger partial charge in [-0.15, -0.1) is 11.8 Å². The molecule has 16 N–H and O–H groups in total. The number of aliphatic hydroxyl groups excluding tert-OH is 8. The van der Waals surface area contributed by atoms with E-state index in [-0.39, 0.29) is 77.5 Å². The Hall–Kier alpha value is -3.17. The number of aliphatic carboxylic acids is 6. The van der Waals surface area contributed by atoms with Crippen molar-refractivity contribution in [2.75, 3.05) is 65.2 Å². The van der Waals surface area contributed by atoms with E-state index in [0.29, 0.717) is 18.2 Å². The lowest BCUT2D eigenvalue weighted by atomic mass is 9.66. The number of hydrogen-bond donors (Lipinski definition) is 22. The van der Waals surface area contributed by atoms with Gasteiger partial charge in [0, 0.05) is 62.3 Å². The molecule has 0 saturated carbocycles. The zero-order chi connectivity index (χ0) is 64.7. The number of rotatable bonds is 33. The summed E-state index contributed by atoms with van der Waals surface area (Å²) in [6.45, 7) is 5.34. The molecule has 0 aliphatic heterocycles. The van der Waals surface area contributed by atoms with Crippen molar-refractivity contribution in [2.24, 2.45) is 22.2 Å². The number of carboxylic acids is 6. The second kappa shape index (κ2) is 46.2. The van der Waals surface area contributed by atoms with Crippen LogP contribution in [0.3, 0.4) is 0 Å². The van der Waals surface area contributed by atoms with E-state index in [4.69, 9.17) is 40.5 Å². The second-order valence-corrected chi connectivity index (χ2v) is 24.2. The molecule has 0 fully saturated rings. The predicted molar refractivity (Wildman–Crippen MR) is 319 cm³/mol. The van der Waals surface area contributed by atoms with Crippen LogP contribution in [0.1, 0.15) is 99.3 Å². The van der Waals surface area contributed by atoms with Crippen molar-refractivity contribution in [3.8, 4) is 0 Å². The Kier molecular flexibility index (Phi) is 49.4. The van der Waals surface area contributed by atoms with Gasteiger partial charge in [-0.3, -0.25) is 43.5 Å². The molecule has 1 heterocycles. The van der Waals surface area contributed by atoms with E-state index in [2.05, 4.69) is 75.8 Å². The van der Waals surface area contributed by atoms with Gasteiger partial charge >= 0.3 is 58.9 Å². The van der Waals surface area contributed by atoms with Crippen LogP contribution in [0.25, 0.3) is 0 Å². The molecule has 0 aliphatic rings. The van der Waals surface area contributed by atoms with E-state index in [1.54, 1.807) is 34.6 Å². The number of aliphatic hydroxyl groups is 8. The molecule has 1 aromatic rings. The van der Waals surface area contributed by atoms with Gasteiger partial charge in [-0.05, 0) is 19.3 Å². The number of aromatic amines is 2. The van der Waals surface area contributed by atoms with Crippen LogP contribution >= 0.6 is 87.5 Å². The zero-order valence-corrected chi connectivity index (χ0v) is 52.0. The third-order valence-electron chi connectivity index (χ3n) is 11.1. The Morgan fingerprint density at radius 1 is 0.543 bits per heavy atom. The summed E-state index contributed by atoms with van der Waals surface area (Å²) in [7, 11) is 0. The highest BCUT2D eigenvalue weighted by molar-refractivity contribution is 8.00. The normalized spacial score (nSPS) is 15.1. The average Bonchev–Trinajstić information content (AvgIpc) is 3.33. The molecule has 28 nitrogen and oxygen atoms in total. The average molecular weight is 1300 g/mol. The first-order chi connectivity index (χ1) is 37.4. The quantitative estimate of drug-likeness (QED) is 0.0312. The van der Waals surface area contributed by atoms with Gasteiger partial charge in [-0.1, -0.05) is 41.5 Å². The molecule has 0 bridgehead atoms. The predicted octanol–water partition coefficient (Wildman–Crippen LogP) is -0.472. The first-order valence-electron chi connectivity index (χ1n) is 24.4. The van der Waals surface area contributed by atoms with Crippen LogP contribution in [0.4, 0.5) is 0 Å². The summed E-state index contributed by atoms with van der Waals surface area (Å²) in [5.41, 5.74) is -9.15. The van der Waals surface area contributed by atoms with Crippen molar-refractivity contribution in [1.29, 1.82) is 0 Å². The lowest BCUT2D eigenvalue weighted by Gasteiger charge is -2.54. The van der Waals surface area contributed by atoms with Crippen LogP contribution in [0.5, 0.6) is 0 Å². The Bertz CT molecular complexity index is 2020. The van der Waals surface area contributed by atoms with Gasteiger partial charge in [0.25, 0.3) is 0 Å². The minimum Gasteiger partial charge on any atom is -0.481 e. The SMILES string of the molecule is CC(S)CC(=O)O.CC(S)CC(=O)O.CC(S)CC(=O)O.CC(S)CC(=O)O.CCC(CO)(CO)CO.CCC(CO)(CO)COC(=O)C(C(S)CC(=O)O)(C(S)C(CCO)C(=O)O)C(CCO)(SCCO)n1c(=O)[nH]c(=O)[nH]c1=O. The molecule has 0 aromatic carbocycles. The number of carbonyl (C=O) groups is 7. The minimum atomic E-state index is -2.84. The van der Waals surface area contributed by atoms with E-state index >= 15 is 0 Å². The maximum atomic E-state index is 14.6. The topological polar surface area (TPSA) is 500 Å². The third kappa shape index (κ3) is 33.8. The highest BCUT2D eigenvalue weighted by Crippen LogP contribution is 2.58. The van der Waals surface area contributed by atoms with E-state index in [1.165, 1.54) is 0 Å². The van der Waals surface area contributed by atoms with Gasteiger partial charge in [0.05, 0.1) is 83.1 Å². The van der Waals surface area contributed by atoms with Gasteiger partial charge in [0.2, 0.25) is 0 Å². The maximum absolute atomic E-state index is 14.6. The number of aromatic nitrogens is 3. The highest BCUT2D eigenvalue weighted by Gasteiger charge is 2.68. The molecular formula is C46H85N3O25S7. The number of nitrogens with one attached hydrogen (secondary N) is 2.